The molecule has 0 amide bonds. The Balaban J connectivity index is 2.11. The predicted molar refractivity (Wildman–Crippen MR) is 70.2 cm³/mol. The van der Waals surface area contributed by atoms with Gasteiger partial charge in [-0.1, -0.05) is 0 Å². The van der Waals surface area contributed by atoms with Gasteiger partial charge in [-0.25, -0.2) is 0 Å². The van der Waals surface area contributed by atoms with Crippen molar-refractivity contribution in [1.29, 1.82) is 0 Å². The Morgan fingerprint density at radius 3 is 2.72 bits per heavy atom. The van der Waals surface area contributed by atoms with Crippen molar-refractivity contribution in [3.8, 4) is 0 Å². The number of aromatic nitrogens is 3. The van der Waals surface area contributed by atoms with Crippen molar-refractivity contribution >= 4 is 0 Å². The summed E-state index contributed by atoms with van der Waals surface area (Å²) in [4.78, 5) is 4.06. The Labute approximate surface area is 107 Å². The van der Waals surface area contributed by atoms with E-state index in [1.807, 2.05) is 29.9 Å². The summed E-state index contributed by atoms with van der Waals surface area (Å²) >= 11 is 0. The number of hydrogen-bond acceptors (Lipinski definition) is 3. The summed E-state index contributed by atoms with van der Waals surface area (Å²) in [6.07, 6.45) is 5.38. The number of hydrogen-bond donors (Lipinski definition) is 1. The van der Waals surface area contributed by atoms with Crippen molar-refractivity contribution in [3.05, 3.63) is 47.5 Å². The van der Waals surface area contributed by atoms with Crippen molar-refractivity contribution in [3.63, 3.8) is 0 Å². The van der Waals surface area contributed by atoms with Crippen LogP contribution in [-0.4, -0.2) is 19.9 Å². The van der Waals surface area contributed by atoms with Crippen LogP contribution in [0.15, 0.2) is 30.7 Å². The highest BCUT2D eigenvalue weighted by Crippen LogP contribution is 2.20. The van der Waals surface area contributed by atoms with Gasteiger partial charge in [-0.05, 0) is 38.5 Å². The number of aliphatic hydroxyl groups is 1. The zero-order chi connectivity index (χ0) is 13.1. The minimum atomic E-state index is -0.547. The van der Waals surface area contributed by atoms with E-state index in [1.165, 1.54) is 0 Å². The van der Waals surface area contributed by atoms with Gasteiger partial charge in [0.15, 0.2) is 0 Å². The second kappa shape index (κ2) is 5.31. The van der Waals surface area contributed by atoms with Crippen LogP contribution in [0.4, 0.5) is 0 Å². The maximum Gasteiger partial charge on any atom is 0.0863 e. The van der Waals surface area contributed by atoms with Crippen LogP contribution < -0.4 is 0 Å². The number of rotatable bonds is 4. The monoisotopic (exact) mass is 245 g/mol. The normalized spacial score (nSPS) is 12.9. The fraction of sp³-hybridized carbons (Fsp3) is 0.429. The van der Waals surface area contributed by atoms with Gasteiger partial charge in [0.2, 0.25) is 0 Å². The Bertz CT molecular complexity index is 519. The summed E-state index contributed by atoms with van der Waals surface area (Å²) in [7, 11) is 0. The standard InChI is InChI=1S/C14H19N3O/c1-10(2)17-7-5-12(16-17)8-14(18)13-9-15-6-4-11(13)3/h4-7,9-10,14,18H,8H2,1-3H3. The van der Waals surface area contributed by atoms with Crippen molar-refractivity contribution in [1.82, 2.24) is 14.8 Å². The van der Waals surface area contributed by atoms with Crippen LogP contribution in [-0.2, 0) is 6.42 Å². The lowest BCUT2D eigenvalue weighted by Gasteiger charge is -2.11. The van der Waals surface area contributed by atoms with E-state index in [1.54, 1.807) is 12.4 Å². The van der Waals surface area contributed by atoms with Crippen LogP contribution in [0, 0.1) is 6.92 Å². The molecule has 0 aromatic carbocycles. The van der Waals surface area contributed by atoms with E-state index in [4.69, 9.17) is 0 Å². The molecule has 0 aliphatic carbocycles. The molecule has 1 atom stereocenters. The fourth-order valence-electron chi connectivity index (χ4n) is 1.91. The second-order valence-corrected chi connectivity index (χ2v) is 4.83. The van der Waals surface area contributed by atoms with Crippen LogP contribution in [0.3, 0.4) is 0 Å². The SMILES string of the molecule is Cc1ccncc1C(O)Cc1ccn(C(C)C)n1. The molecule has 4 heteroatoms. The maximum atomic E-state index is 10.2. The fourth-order valence-corrected chi connectivity index (χ4v) is 1.91. The molecule has 1 unspecified atom stereocenters. The van der Waals surface area contributed by atoms with E-state index >= 15 is 0 Å². The zero-order valence-corrected chi connectivity index (χ0v) is 11.0. The summed E-state index contributed by atoms with van der Waals surface area (Å²) in [6, 6.07) is 4.20. The summed E-state index contributed by atoms with van der Waals surface area (Å²) in [5.74, 6) is 0. The largest absolute Gasteiger partial charge is 0.388 e. The first-order chi connectivity index (χ1) is 8.58. The van der Waals surface area contributed by atoms with Crippen LogP contribution >= 0.6 is 0 Å². The first kappa shape index (κ1) is 12.8. The van der Waals surface area contributed by atoms with Gasteiger partial charge in [-0.3, -0.25) is 9.67 Å². The molecule has 1 N–H and O–H groups in total. The van der Waals surface area contributed by atoms with Gasteiger partial charge < -0.3 is 5.11 Å². The van der Waals surface area contributed by atoms with E-state index in [0.29, 0.717) is 12.5 Å². The van der Waals surface area contributed by atoms with Crippen LogP contribution in [0.2, 0.25) is 0 Å². The van der Waals surface area contributed by atoms with E-state index < -0.39 is 6.10 Å². The molecule has 0 aliphatic rings. The minimum absolute atomic E-state index is 0.344. The third-order valence-electron chi connectivity index (χ3n) is 3.03. The average Bonchev–Trinajstić information content (AvgIpc) is 2.78. The highest BCUT2D eigenvalue weighted by Gasteiger charge is 2.13. The molecule has 0 aliphatic heterocycles. The Morgan fingerprint density at radius 2 is 2.11 bits per heavy atom. The molecule has 2 aromatic rings. The molecule has 0 spiro atoms. The smallest absolute Gasteiger partial charge is 0.0863 e. The van der Waals surface area contributed by atoms with Crippen molar-refractivity contribution in [2.24, 2.45) is 0 Å². The molecule has 0 saturated carbocycles. The third-order valence-corrected chi connectivity index (χ3v) is 3.03. The quantitative estimate of drug-likeness (QED) is 0.900. The second-order valence-electron chi connectivity index (χ2n) is 4.83. The number of pyridine rings is 1. The van der Waals surface area contributed by atoms with Gasteiger partial charge in [-0.2, -0.15) is 5.10 Å². The topological polar surface area (TPSA) is 50.9 Å². The lowest BCUT2D eigenvalue weighted by Crippen LogP contribution is -2.07. The molecule has 4 nitrogen and oxygen atoms in total. The number of nitrogens with zero attached hydrogens (tertiary/aromatic N) is 3. The Hall–Kier alpha value is -1.68. The van der Waals surface area contributed by atoms with Crippen LogP contribution in [0.5, 0.6) is 0 Å². The van der Waals surface area contributed by atoms with Gasteiger partial charge in [0.05, 0.1) is 11.8 Å². The number of aryl methyl sites for hydroxylation is 1. The molecule has 0 radical (unpaired) electrons. The maximum absolute atomic E-state index is 10.2. The van der Waals surface area contributed by atoms with Gasteiger partial charge >= 0.3 is 0 Å². The summed E-state index contributed by atoms with van der Waals surface area (Å²) in [5, 5.41) is 14.7. The molecule has 2 rings (SSSR count). The number of aliphatic hydroxyl groups excluding tert-OH is 1. The molecular formula is C14H19N3O. The molecule has 2 aromatic heterocycles. The lowest BCUT2D eigenvalue weighted by atomic mass is 10.0. The molecule has 0 saturated heterocycles. The van der Waals surface area contributed by atoms with Crippen molar-refractivity contribution in [2.75, 3.05) is 0 Å². The van der Waals surface area contributed by atoms with E-state index in [-0.39, 0.29) is 0 Å². The van der Waals surface area contributed by atoms with Gasteiger partial charge in [0, 0.05) is 36.6 Å². The molecular weight excluding hydrogens is 226 g/mol. The molecule has 0 fully saturated rings. The van der Waals surface area contributed by atoms with Gasteiger partial charge in [0.1, 0.15) is 0 Å². The molecule has 2 heterocycles. The average molecular weight is 245 g/mol. The highest BCUT2D eigenvalue weighted by molar-refractivity contribution is 5.24. The van der Waals surface area contributed by atoms with Crippen LogP contribution in [0.25, 0.3) is 0 Å². The molecule has 0 bridgehead atoms. The van der Waals surface area contributed by atoms with E-state index in [9.17, 15) is 5.11 Å². The Morgan fingerprint density at radius 1 is 1.33 bits per heavy atom. The zero-order valence-electron chi connectivity index (χ0n) is 11.0. The lowest BCUT2D eigenvalue weighted by molar-refractivity contribution is 0.175. The highest BCUT2D eigenvalue weighted by atomic mass is 16.3. The van der Waals surface area contributed by atoms with E-state index in [2.05, 4.69) is 23.9 Å². The Kier molecular flexibility index (Phi) is 3.77. The summed E-state index contributed by atoms with van der Waals surface area (Å²) < 4.78 is 1.90. The first-order valence-corrected chi connectivity index (χ1v) is 6.20. The third kappa shape index (κ3) is 2.76. The summed E-state index contributed by atoms with van der Waals surface area (Å²) in [6.45, 7) is 6.14. The van der Waals surface area contributed by atoms with Gasteiger partial charge in [0.25, 0.3) is 0 Å². The predicted octanol–water partition coefficient (Wildman–Crippen LogP) is 2.44. The van der Waals surface area contributed by atoms with Crippen LogP contribution in [0.1, 0.15) is 42.8 Å². The van der Waals surface area contributed by atoms with Gasteiger partial charge in [-0.15, -0.1) is 0 Å². The molecule has 96 valence electrons. The minimum Gasteiger partial charge on any atom is -0.388 e. The van der Waals surface area contributed by atoms with Crippen molar-refractivity contribution < 1.29 is 5.11 Å². The first-order valence-electron chi connectivity index (χ1n) is 6.20. The van der Waals surface area contributed by atoms with Crippen molar-refractivity contribution in [2.45, 2.75) is 39.3 Å². The molecule has 18 heavy (non-hydrogen) atoms. The van der Waals surface area contributed by atoms with E-state index in [0.717, 1.165) is 16.8 Å². The summed E-state index contributed by atoms with van der Waals surface area (Å²) in [5.41, 5.74) is 2.83.